The molecule has 0 unspecified atom stereocenters. The number of nitrogens with one attached hydrogen (secondary N) is 1. The van der Waals surface area contributed by atoms with Gasteiger partial charge >= 0.3 is 6.36 Å². The molecule has 6 nitrogen and oxygen atoms in total. The zero-order chi connectivity index (χ0) is 25.7. The van der Waals surface area contributed by atoms with Crippen molar-refractivity contribution in [3.8, 4) is 5.75 Å². The van der Waals surface area contributed by atoms with Crippen LogP contribution in [-0.4, -0.2) is 36.6 Å². The van der Waals surface area contributed by atoms with E-state index in [2.05, 4.69) is 9.46 Å². The number of ether oxygens (including phenoxy) is 1. The molecule has 2 N–H and O–H groups in total. The van der Waals surface area contributed by atoms with Crippen molar-refractivity contribution in [2.75, 3.05) is 0 Å². The molecule has 190 valence electrons. The molecule has 11 heteroatoms. The van der Waals surface area contributed by atoms with Gasteiger partial charge < -0.3 is 14.4 Å². The van der Waals surface area contributed by atoms with Gasteiger partial charge in [-0.05, 0) is 67.8 Å². The Morgan fingerprint density at radius 3 is 2.36 bits per heavy atom. The molecular formula is C25H22F4N2O4S. The number of aliphatic hydroxyl groups excluding tert-OH is 1. The van der Waals surface area contributed by atoms with Crippen molar-refractivity contribution in [1.29, 1.82) is 0 Å². The Bertz CT molecular complexity index is 1520. The zero-order valence-electron chi connectivity index (χ0n) is 18.7. The van der Waals surface area contributed by atoms with Crippen LogP contribution in [-0.2, 0) is 10.0 Å². The van der Waals surface area contributed by atoms with Gasteiger partial charge in [-0.25, -0.2) is 17.5 Å². The summed E-state index contributed by atoms with van der Waals surface area (Å²) >= 11 is 0. The van der Waals surface area contributed by atoms with Gasteiger partial charge in [-0.1, -0.05) is 18.2 Å². The van der Waals surface area contributed by atoms with E-state index in [0.29, 0.717) is 24.6 Å². The number of aromatic nitrogens is 1. The number of benzene rings is 3. The van der Waals surface area contributed by atoms with Gasteiger partial charge in [0, 0.05) is 21.8 Å². The molecule has 0 radical (unpaired) electrons. The number of hydrogen-bond acceptors (Lipinski definition) is 4. The summed E-state index contributed by atoms with van der Waals surface area (Å²) in [5.41, 5.74) is 1.52. The fourth-order valence-corrected chi connectivity index (χ4v) is 6.27. The van der Waals surface area contributed by atoms with Crippen LogP contribution in [0.4, 0.5) is 17.6 Å². The Labute approximate surface area is 204 Å². The molecule has 1 aliphatic carbocycles. The van der Waals surface area contributed by atoms with Crippen molar-refractivity contribution < 1.29 is 35.8 Å². The first-order chi connectivity index (χ1) is 17.0. The summed E-state index contributed by atoms with van der Waals surface area (Å²) in [7, 11) is -4.14. The van der Waals surface area contributed by atoms with Gasteiger partial charge in [0.05, 0.1) is 23.1 Å². The van der Waals surface area contributed by atoms with Crippen molar-refractivity contribution in [3.05, 3.63) is 72.5 Å². The maximum atomic E-state index is 14.0. The second-order valence-electron chi connectivity index (χ2n) is 8.78. The van der Waals surface area contributed by atoms with Crippen molar-refractivity contribution >= 4 is 31.8 Å². The maximum Gasteiger partial charge on any atom is 0.573 e. The lowest BCUT2D eigenvalue weighted by atomic mass is 9.88. The Balaban J connectivity index is 1.44. The molecule has 1 aliphatic rings. The van der Waals surface area contributed by atoms with Crippen molar-refractivity contribution in [3.63, 3.8) is 0 Å². The van der Waals surface area contributed by atoms with Crippen LogP contribution in [0.3, 0.4) is 0 Å². The van der Waals surface area contributed by atoms with Crippen LogP contribution in [0.15, 0.2) is 71.6 Å². The number of sulfonamides is 1. The number of nitrogens with zero attached hydrogens (tertiary/aromatic N) is 1. The molecule has 0 amide bonds. The van der Waals surface area contributed by atoms with E-state index >= 15 is 0 Å². The summed E-state index contributed by atoms with van der Waals surface area (Å²) in [5.74, 6) is -0.922. The van der Waals surface area contributed by atoms with Crippen LogP contribution < -0.4 is 9.46 Å². The average Bonchev–Trinajstić information content (AvgIpc) is 3.13. The van der Waals surface area contributed by atoms with Crippen LogP contribution in [0.5, 0.6) is 5.75 Å². The lowest BCUT2D eigenvalue weighted by Crippen LogP contribution is -2.49. The molecule has 0 saturated heterocycles. The second-order valence-corrected chi connectivity index (χ2v) is 10.5. The van der Waals surface area contributed by atoms with Gasteiger partial charge in [0.2, 0.25) is 10.0 Å². The molecule has 1 saturated carbocycles. The molecule has 0 spiro atoms. The molecule has 0 bridgehead atoms. The molecule has 0 aliphatic heterocycles. The average molecular weight is 523 g/mol. The fraction of sp³-hybridized carbons (Fsp3) is 0.280. The van der Waals surface area contributed by atoms with Crippen LogP contribution in [0.1, 0.15) is 25.3 Å². The maximum absolute atomic E-state index is 14.0. The van der Waals surface area contributed by atoms with E-state index in [1.807, 2.05) is 28.8 Å². The van der Waals surface area contributed by atoms with Crippen molar-refractivity contribution in [2.24, 2.45) is 0 Å². The molecule has 3 aromatic carbocycles. The highest BCUT2D eigenvalue weighted by Crippen LogP contribution is 2.38. The van der Waals surface area contributed by atoms with Crippen LogP contribution in [0.2, 0.25) is 0 Å². The summed E-state index contributed by atoms with van der Waals surface area (Å²) < 4.78 is 85.4. The number of alkyl halides is 3. The largest absolute Gasteiger partial charge is 0.573 e. The molecule has 4 aromatic rings. The minimum Gasteiger partial charge on any atom is -0.406 e. The fourth-order valence-electron chi connectivity index (χ4n) is 4.99. The van der Waals surface area contributed by atoms with Gasteiger partial charge in [-0.3, -0.25) is 0 Å². The summed E-state index contributed by atoms with van der Waals surface area (Å²) in [6.45, 7) is 0. The minimum absolute atomic E-state index is 0.251. The Morgan fingerprint density at radius 2 is 1.64 bits per heavy atom. The lowest BCUT2D eigenvalue weighted by Gasteiger charge is -2.36. The predicted octanol–water partition coefficient (Wildman–Crippen LogP) is 5.27. The quantitative estimate of drug-likeness (QED) is 0.350. The van der Waals surface area contributed by atoms with Crippen LogP contribution in [0, 0.1) is 5.82 Å². The van der Waals surface area contributed by atoms with Gasteiger partial charge in [0.25, 0.3) is 0 Å². The third kappa shape index (κ3) is 4.65. The summed E-state index contributed by atoms with van der Waals surface area (Å²) in [4.78, 5) is -0.251. The summed E-state index contributed by atoms with van der Waals surface area (Å²) in [6.07, 6.45) is -4.43. The summed E-state index contributed by atoms with van der Waals surface area (Å²) in [6, 6.07) is 14.4. The number of fused-ring (bicyclic) bond motifs is 3. The van der Waals surface area contributed by atoms with Crippen molar-refractivity contribution in [2.45, 2.75) is 48.7 Å². The van der Waals surface area contributed by atoms with E-state index < -0.39 is 40.3 Å². The number of halogens is 4. The third-order valence-electron chi connectivity index (χ3n) is 6.50. The molecule has 1 heterocycles. The Hall–Kier alpha value is -3.15. The first kappa shape index (κ1) is 24.5. The highest BCUT2D eigenvalue weighted by Gasteiger charge is 2.37. The molecule has 1 fully saturated rings. The highest BCUT2D eigenvalue weighted by atomic mass is 32.2. The predicted molar refractivity (Wildman–Crippen MR) is 126 cm³/mol. The molecule has 36 heavy (non-hydrogen) atoms. The Morgan fingerprint density at radius 1 is 0.944 bits per heavy atom. The van der Waals surface area contributed by atoms with E-state index in [1.54, 1.807) is 6.07 Å². The normalized spacial score (nSPS) is 21.2. The van der Waals surface area contributed by atoms with Crippen molar-refractivity contribution in [1.82, 2.24) is 9.29 Å². The molecule has 5 rings (SSSR count). The Kier molecular flexibility index (Phi) is 6.17. The number of para-hydroxylation sites is 1. The first-order valence-electron chi connectivity index (χ1n) is 11.3. The zero-order valence-corrected chi connectivity index (χ0v) is 19.6. The monoisotopic (exact) mass is 522 g/mol. The topological polar surface area (TPSA) is 80.6 Å². The SMILES string of the molecule is O=S(=O)(N[C@H]1CCC[C@@H](n2c3ccccc3c3cc(F)ccc32)[C@@H]1O)c1ccc(OC(F)(F)F)cc1. The van der Waals surface area contributed by atoms with Crippen LogP contribution in [0.25, 0.3) is 21.8 Å². The van der Waals surface area contributed by atoms with Gasteiger partial charge in [-0.15, -0.1) is 13.2 Å². The van der Waals surface area contributed by atoms with E-state index in [9.17, 15) is 31.1 Å². The van der Waals surface area contributed by atoms with E-state index in [4.69, 9.17) is 0 Å². The third-order valence-corrected chi connectivity index (χ3v) is 8.00. The number of rotatable bonds is 5. The highest BCUT2D eigenvalue weighted by molar-refractivity contribution is 7.89. The molecule has 1 aromatic heterocycles. The van der Waals surface area contributed by atoms with Gasteiger partial charge in [0.1, 0.15) is 11.6 Å². The van der Waals surface area contributed by atoms with Gasteiger partial charge in [-0.2, -0.15) is 0 Å². The van der Waals surface area contributed by atoms with E-state index in [1.165, 1.54) is 12.1 Å². The number of hydrogen-bond donors (Lipinski definition) is 2. The van der Waals surface area contributed by atoms with Gasteiger partial charge in [0.15, 0.2) is 0 Å². The van der Waals surface area contributed by atoms with E-state index in [-0.39, 0.29) is 10.7 Å². The smallest absolute Gasteiger partial charge is 0.406 e. The van der Waals surface area contributed by atoms with E-state index in [0.717, 1.165) is 40.7 Å². The molecular weight excluding hydrogens is 500 g/mol. The lowest BCUT2D eigenvalue weighted by molar-refractivity contribution is -0.274. The molecule has 3 atom stereocenters. The number of aliphatic hydroxyl groups is 1. The van der Waals surface area contributed by atoms with Crippen LogP contribution >= 0.6 is 0 Å². The second kappa shape index (κ2) is 9.06. The summed E-state index contributed by atoms with van der Waals surface area (Å²) in [5, 5.41) is 12.8. The minimum atomic E-state index is -4.89. The first-order valence-corrected chi connectivity index (χ1v) is 12.8. The standard InChI is InChI=1S/C25H22F4N2O4S/c26-15-8-13-22-19(14-15)18-4-1-2-6-21(18)31(22)23-7-3-5-20(24(23)32)30-36(33,34)17-11-9-16(10-12-17)35-25(27,28)29/h1-2,4,6,8-14,20,23-24,30,32H,3,5,7H2/t20-,23+,24+/m0/s1.